The summed E-state index contributed by atoms with van der Waals surface area (Å²) in [5.41, 5.74) is 1.52. The van der Waals surface area contributed by atoms with Gasteiger partial charge in [0.05, 0.1) is 22.2 Å². The highest BCUT2D eigenvalue weighted by atomic mass is 32.2. The van der Waals surface area contributed by atoms with Gasteiger partial charge in [0.2, 0.25) is 11.8 Å². The Hall–Kier alpha value is -2.87. The average Bonchev–Trinajstić information content (AvgIpc) is 3.04. The predicted molar refractivity (Wildman–Crippen MR) is 102 cm³/mol. The first-order chi connectivity index (χ1) is 12.5. The average molecular weight is 370 g/mol. The molecule has 0 aliphatic rings. The molecule has 0 bridgehead atoms. The number of nitrogens with one attached hydrogen (secondary N) is 2. The maximum absolute atomic E-state index is 12.2. The van der Waals surface area contributed by atoms with Gasteiger partial charge in [-0.1, -0.05) is 11.2 Å². The number of aryl methyl sites for hydroxylation is 1. The summed E-state index contributed by atoms with van der Waals surface area (Å²) in [6, 6.07) is 10.9. The summed E-state index contributed by atoms with van der Waals surface area (Å²) in [6.07, 6.45) is 1.71. The van der Waals surface area contributed by atoms with E-state index in [0.29, 0.717) is 17.3 Å². The topological polar surface area (TPSA) is 97.1 Å². The third kappa shape index (κ3) is 4.40. The van der Waals surface area contributed by atoms with Crippen molar-refractivity contribution in [2.24, 2.45) is 0 Å². The number of thioether (sulfide) groups is 1. The van der Waals surface area contributed by atoms with Gasteiger partial charge in [0, 0.05) is 17.6 Å². The largest absolute Gasteiger partial charge is 0.360 e. The third-order valence-electron chi connectivity index (χ3n) is 3.63. The number of fused-ring (bicyclic) bond motifs is 1. The quantitative estimate of drug-likeness (QED) is 0.691. The van der Waals surface area contributed by atoms with Crippen LogP contribution in [0.2, 0.25) is 0 Å². The summed E-state index contributed by atoms with van der Waals surface area (Å²) >= 11 is 1.25. The molecule has 3 aromatic rings. The van der Waals surface area contributed by atoms with Gasteiger partial charge in [-0.3, -0.25) is 14.6 Å². The number of anilines is 2. The van der Waals surface area contributed by atoms with E-state index in [1.807, 2.05) is 30.3 Å². The van der Waals surface area contributed by atoms with Crippen LogP contribution in [0.15, 0.2) is 47.1 Å². The second-order valence-corrected chi connectivity index (χ2v) is 7.02. The lowest BCUT2D eigenvalue weighted by molar-refractivity contribution is -0.115. The van der Waals surface area contributed by atoms with Gasteiger partial charge in [0.1, 0.15) is 5.76 Å². The molecular weight excluding hydrogens is 352 g/mol. The van der Waals surface area contributed by atoms with Crippen LogP contribution < -0.4 is 10.6 Å². The number of nitrogens with zero attached hydrogens (tertiary/aromatic N) is 2. The first kappa shape index (κ1) is 17.9. The van der Waals surface area contributed by atoms with Crippen LogP contribution in [-0.2, 0) is 9.59 Å². The normalized spacial score (nSPS) is 11.9. The van der Waals surface area contributed by atoms with E-state index in [0.717, 1.165) is 10.9 Å². The Bertz CT molecular complexity index is 936. The van der Waals surface area contributed by atoms with E-state index in [1.165, 1.54) is 11.8 Å². The van der Waals surface area contributed by atoms with Crippen molar-refractivity contribution in [3.05, 3.63) is 48.4 Å². The van der Waals surface area contributed by atoms with Crippen LogP contribution in [0, 0.1) is 6.92 Å². The standard InChI is InChI=1S/C18H18N4O3S/c1-11-9-16(22-25-11)21-18(24)12(2)26-10-17(23)20-15-7-3-6-14-13(15)5-4-8-19-14/h3-9,12H,10H2,1-2H3,(H,20,23)(H,21,22,24)/t12-/m1/s1. The first-order valence-corrected chi connectivity index (χ1v) is 9.07. The molecule has 1 atom stereocenters. The highest BCUT2D eigenvalue weighted by Gasteiger charge is 2.17. The number of carbonyl (C=O) groups excluding carboxylic acids is 2. The Morgan fingerprint density at radius 2 is 2.08 bits per heavy atom. The zero-order valence-electron chi connectivity index (χ0n) is 14.4. The number of aromatic nitrogens is 2. The van der Waals surface area contributed by atoms with Crippen molar-refractivity contribution < 1.29 is 14.1 Å². The molecule has 0 unspecified atom stereocenters. The molecule has 0 fully saturated rings. The van der Waals surface area contributed by atoms with Crippen LogP contribution in [0.3, 0.4) is 0 Å². The predicted octanol–water partition coefficient (Wildman–Crippen LogP) is 3.23. The lowest BCUT2D eigenvalue weighted by Crippen LogP contribution is -2.25. The SMILES string of the molecule is Cc1cc(NC(=O)[C@@H](C)SCC(=O)Nc2cccc3ncccc23)no1. The van der Waals surface area contributed by atoms with Gasteiger partial charge in [-0.15, -0.1) is 11.8 Å². The molecule has 2 amide bonds. The van der Waals surface area contributed by atoms with Crippen molar-refractivity contribution in [2.45, 2.75) is 19.1 Å². The van der Waals surface area contributed by atoms with Crippen molar-refractivity contribution >= 4 is 46.0 Å². The molecule has 0 spiro atoms. The number of amides is 2. The van der Waals surface area contributed by atoms with Gasteiger partial charge < -0.3 is 15.2 Å². The van der Waals surface area contributed by atoms with E-state index < -0.39 is 5.25 Å². The number of hydrogen-bond donors (Lipinski definition) is 2. The lowest BCUT2D eigenvalue weighted by Gasteiger charge is -2.11. The minimum atomic E-state index is -0.410. The number of pyridine rings is 1. The fraction of sp³-hybridized carbons (Fsp3) is 0.222. The molecule has 2 N–H and O–H groups in total. The monoisotopic (exact) mass is 370 g/mol. The summed E-state index contributed by atoms with van der Waals surface area (Å²) in [4.78, 5) is 28.6. The molecule has 7 nitrogen and oxygen atoms in total. The van der Waals surface area contributed by atoms with Crippen LogP contribution in [-0.4, -0.2) is 33.0 Å². The molecule has 26 heavy (non-hydrogen) atoms. The zero-order valence-corrected chi connectivity index (χ0v) is 15.2. The van der Waals surface area contributed by atoms with Gasteiger partial charge in [0.25, 0.3) is 0 Å². The Kier molecular flexibility index (Phi) is 5.52. The first-order valence-electron chi connectivity index (χ1n) is 8.02. The Balaban J connectivity index is 1.54. The summed E-state index contributed by atoms with van der Waals surface area (Å²) in [6.45, 7) is 3.48. The van der Waals surface area contributed by atoms with Gasteiger partial charge in [0.15, 0.2) is 5.82 Å². The number of carbonyl (C=O) groups is 2. The highest BCUT2D eigenvalue weighted by Crippen LogP contribution is 2.22. The van der Waals surface area contributed by atoms with E-state index in [1.54, 1.807) is 26.1 Å². The molecule has 134 valence electrons. The Morgan fingerprint density at radius 3 is 2.85 bits per heavy atom. The van der Waals surface area contributed by atoms with E-state index in [9.17, 15) is 9.59 Å². The number of rotatable bonds is 6. The van der Waals surface area contributed by atoms with Gasteiger partial charge in [-0.25, -0.2) is 0 Å². The van der Waals surface area contributed by atoms with Crippen LogP contribution in [0.1, 0.15) is 12.7 Å². The molecule has 0 saturated heterocycles. The molecule has 8 heteroatoms. The van der Waals surface area contributed by atoms with Crippen molar-refractivity contribution in [2.75, 3.05) is 16.4 Å². The Morgan fingerprint density at radius 1 is 1.23 bits per heavy atom. The zero-order chi connectivity index (χ0) is 18.5. The fourth-order valence-corrected chi connectivity index (χ4v) is 3.01. The molecule has 2 heterocycles. The molecule has 0 aliphatic heterocycles. The smallest absolute Gasteiger partial charge is 0.238 e. The molecule has 0 radical (unpaired) electrons. The fourth-order valence-electron chi connectivity index (χ4n) is 2.33. The third-order valence-corrected chi connectivity index (χ3v) is 4.78. The molecule has 3 rings (SSSR count). The van der Waals surface area contributed by atoms with Crippen LogP contribution in [0.5, 0.6) is 0 Å². The highest BCUT2D eigenvalue weighted by molar-refractivity contribution is 8.01. The van der Waals surface area contributed by atoms with Crippen LogP contribution in [0.4, 0.5) is 11.5 Å². The molecule has 2 aromatic heterocycles. The van der Waals surface area contributed by atoms with E-state index in [4.69, 9.17) is 4.52 Å². The van der Waals surface area contributed by atoms with Gasteiger partial charge in [-0.2, -0.15) is 0 Å². The maximum atomic E-state index is 12.2. The maximum Gasteiger partial charge on any atom is 0.238 e. The van der Waals surface area contributed by atoms with E-state index in [2.05, 4.69) is 20.8 Å². The molecule has 0 saturated carbocycles. The van der Waals surface area contributed by atoms with Gasteiger partial charge in [-0.05, 0) is 38.1 Å². The van der Waals surface area contributed by atoms with Crippen molar-refractivity contribution in [1.29, 1.82) is 0 Å². The molecule has 0 aliphatic carbocycles. The summed E-state index contributed by atoms with van der Waals surface area (Å²) < 4.78 is 4.90. The number of benzene rings is 1. The van der Waals surface area contributed by atoms with Crippen molar-refractivity contribution in [1.82, 2.24) is 10.1 Å². The second-order valence-electron chi connectivity index (χ2n) is 5.69. The summed E-state index contributed by atoms with van der Waals surface area (Å²) in [5, 5.41) is 9.71. The minimum absolute atomic E-state index is 0.156. The van der Waals surface area contributed by atoms with Crippen molar-refractivity contribution in [3.8, 4) is 0 Å². The lowest BCUT2D eigenvalue weighted by atomic mass is 10.2. The summed E-state index contributed by atoms with van der Waals surface area (Å²) in [5.74, 6) is 0.731. The van der Waals surface area contributed by atoms with E-state index >= 15 is 0 Å². The van der Waals surface area contributed by atoms with Crippen LogP contribution >= 0.6 is 11.8 Å². The van der Waals surface area contributed by atoms with Crippen LogP contribution in [0.25, 0.3) is 10.9 Å². The second kappa shape index (κ2) is 8.01. The molecular formula is C18H18N4O3S. The van der Waals surface area contributed by atoms with Gasteiger partial charge >= 0.3 is 0 Å². The molecule has 1 aromatic carbocycles. The number of hydrogen-bond acceptors (Lipinski definition) is 6. The van der Waals surface area contributed by atoms with E-state index in [-0.39, 0.29) is 17.6 Å². The summed E-state index contributed by atoms with van der Waals surface area (Å²) in [7, 11) is 0. The Labute approximate surface area is 154 Å². The van der Waals surface area contributed by atoms with Crippen molar-refractivity contribution in [3.63, 3.8) is 0 Å². The minimum Gasteiger partial charge on any atom is -0.360 e.